The van der Waals surface area contributed by atoms with E-state index in [1.165, 1.54) is 12.8 Å². The Bertz CT molecular complexity index is 355. The van der Waals surface area contributed by atoms with Gasteiger partial charge in [0.25, 0.3) is 0 Å². The number of halogens is 1. The number of hydrogen-bond acceptors (Lipinski definition) is 3. The molecule has 2 N–H and O–H groups in total. The first-order valence-corrected chi connectivity index (χ1v) is 6.77. The Balaban J connectivity index is 1.62. The summed E-state index contributed by atoms with van der Waals surface area (Å²) in [7, 11) is 0. The van der Waals surface area contributed by atoms with Gasteiger partial charge in [0.05, 0.1) is 19.3 Å². The molecule has 1 saturated carbocycles. The number of aliphatic hydroxyl groups excluding tert-OH is 1. The maximum atomic E-state index is 9.67. The number of benzene rings is 1. The van der Waals surface area contributed by atoms with Crippen LogP contribution >= 0.6 is 15.9 Å². The molecule has 1 aliphatic carbocycles. The SMILES string of the molecule is OC(CNC1CC1)COCc1ccccc1Br. The monoisotopic (exact) mass is 299 g/mol. The Hall–Kier alpha value is -0.420. The van der Waals surface area contributed by atoms with Crippen LogP contribution in [0.25, 0.3) is 0 Å². The van der Waals surface area contributed by atoms with Gasteiger partial charge in [0, 0.05) is 17.1 Å². The fourth-order valence-corrected chi connectivity index (χ4v) is 1.97. The summed E-state index contributed by atoms with van der Waals surface area (Å²) < 4.78 is 6.54. The quantitative estimate of drug-likeness (QED) is 0.810. The van der Waals surface area contributed by atoms with Gasteiger partial charge in [-0.25, -0.2) is 0 Å². The van der Waals surface area contributed by atoms with E-state index in [2.05, 4.69) is 21.2 Å². The third-order valence-electron chi connectivity index (χ3n) is 2.75. The maximum absolute atomic E-state index is 9.67. The Morgan fingerprint density at radius 3 is 2.88 bits per heavy atom. The van der Waals surface area contributed by atoms with Gasteiger partial charge in [-0.1, -0.05) is 34.1 Å². The van der Waals surface area contributed by atoms with Gasteiger partial charge in [0.15, 0.2) is 0 Å². The van der Waals surface area contributed by atoms with Crippen LogP contribution in [0, 0.1) is 0 Å². The average molecular weight is 300 g/mol. The molecule has 0 bridgehead atoms. The number of aliphatic hydroxyl groups is 1. The van der Waals surface area contributed by atoms with Crippen molar-refractivity contribution >= 4 is 15.9 Å². The summed E-state index contributed by atoms with van der Waals surface area (Å²) >= 11 is 3.47. The standard InChI is InChI=1S/C13H18BrNO2/c14-13-4-2-1-3-10(13)8-17-9-12(16)7-15-11-5-6-11/h1-4,11-12,15-16H,5-9H2. The fourth-order valence-electron chi connectivity index (χ4n) is 1.57. The highest BCUT2D eigenvalue weighted by atomic mass is 79.9. The zero-order valence-electron chi connectivity index (χ0n) is 9.73. The maximum Gasteiger partial charge on any atom is 0.0897 e. The second kappa shape index (κ2) is 6.50. The molecular formula is C13H18BrNO2. The van der Waals surface area contributed by atoms with Crippen LogP contribution in [0.1, 0.15) is 18.4 Å². The van der Waals surface area contributed by atoms with Gasteiger partial charge < -0.3 is 15.2 Å². The van der Waals surface area contributed by atoms with Crippen LogP contribution in [0.15, 0.2) is 28.7 Å². The summed E-state index contributed by atoms with van der Waals surface area (Å²) in [4.78, 5) is 0. The molecule has 17 heavy (non-hydrogen) atoms. The van der Waals surface area contributed by atoms with Crippen molar-refractivity contribution in [1.82, 2.24) is 5.32 Å². The van der Waals surface area contributed by atoms with Crippen molar-refractivity contribution in [3.8, 4) is 0 Å². The van der Waals surface area contributed by atoms with Crippen LogP contribution in [-0.2, 0) is 11.3 Å². The van der Waals surface area contributed by atoms with Crippen LogP contribution in [0.4, 0.5) is 0 Å². The van der Waals surface area contributed by atoms with Gasteiger partial charge in [-0.05, 0) is 24.5 Å². The summed E-state index contributed by atoms with van der Waals surface area (Å²) in [5, 5.41) is 13.0. The Morgan fingerprint density at radius 2 is 2.18 bits per heavy atom. The van der Waals surface area contributed by atoms with Crippen molar-refractivity contribution in [2.24, 2.45) is 0 Å². The lowest BCUT2D eigenvalue weighted by atomic mass is 10.2. The Kier molecular flexibility index (Phi) is 4.98. The number of hydrogen-bond donors (Lipinski definition) is 2. The van der Waals surface area contributed by atoms with Crippen molar-refractivity contribution in [3.05, 3.63) is 34.3 Å². The van der Waals surface area contributed by atoms with Gasteiger partial charge in [-0.2, -0.15) is 0 Å². The van der Waals surface area contributed by atoms with Gasteiger partial charge in [0.1, 0.15) is 0 Å². The van der Waals surface area contributed by atoms with Crippen LogP contribution in [0.5, 0.6) is 0 Å². The van der Waals surface area contributed by atoms with Crippen LogP contribution < -0.4 is 5.32 Å². The molecule has 1 aromatic carbocycles. The van der Waals surface area contributed by atoms with Crippen LogP contribution in [0.3, 0.4) is 0 Å². The van der Waals surface area contributed by atoms with E-state index in [1.807, 2.05) is 24.3 Å². The molecule has 1 aliphatic rings. The highest BCUT2D eigenvalue weighted by molar-refractivity contribution is 9.10. The molecule has 94 valence electrons. The van der Waals surface area contributed by atoms with E-state index in [9.17, 15) is 5.11 Å². The zero-order valence-corrected chi connectivity index (χ0v) is 11.3. The Labute approximate surface area is 110 Å². The molecule has 3 nitrogen and oxygen atoms in total. The molecule has 0 aliphatic heterocycles. The minimum absolute atomic E-state index is 0.376. The molecule has 1 atom stereocenters. The normalized spacial score (nSPS) is 17.1. The second-order valence-electron chi connectivity index (χ2n) is 4.44. The largest absolute Gasteiger partial charge is 0.389 e. The molecule has 2 rings (SSSR count). The molecule has 1 aromatic rings. The molecule has 0 spiro atoms. The number of rotatable bonds is 7. The van der Waals surface area contributed by atoms with E-state index in [-0.39, 0.29) is 0 Å². The number of ether oxygens (including phenoxy) is 1. The summed E-state index contributed by atoms with van der Waals surface area (Å²) in [6, 6.07) is 8.59. The fraction of sp³-hybridized carbons (Fsp3) is 0.538. The van der Waals surface area contributed by atoms with Crippen LogP contribution in [-0.4, -0.2) is 30.4 Å². The van der Waals surface area contributed by atoms with E-state index < -0.39 is 6.10 Å². The van der Waals surface area contributed by atoms with Crippen molar-refractivity contribution in [3.63, 3.8) is 0 Å². The first kappa shape index (κ1) is 13.0. The molecule has 1 fully saturated rings. The van der Waals surface area contributed by atoms with Gasteiger partial charge in [0.2, 0.25) is 0 Å². The van der Waals surface area contributed by atoms with E-state index in [0.717, 1.165) is 10.0 Å². The summed E-state index contributed by atoms with van der Waals surface area (Å²) in [6.07, 6.45) is 2.06. The molecule has 0 amide bonds. The smallest absolute Gasteiger partial charge is 0.0897 e. The average Bonchev–Trinajstić information content (AvgIpc) is 3.13. The first-order valence-electron chi connectivity index (χ1n) is 5.98. The molecular weight excluding hydrogens is 282 g/mol. The van der Waals surface area contributed by atoms with Crippen molar-refractivity contribution in [2.45, 2.75) is 31.6 Å². The second-order valence-corrected chi connectivity index (χ2v) is 5.30. The third kappa shape index (κ3) is 4.76. The molecule has 0 heterocycles. The number of nitrogens with one attached hydrogen (secondary N) is 1. The van der Waals surface area contributed by atoms with E-state index in [4.69, 9.17) is 4.74 Å². The predicted octanol–water partition coefficient (Wildman–Crippen LogP) is 2.08. The lowest BCUT2D eigenvalue weighted by Gasteiger charge is -2.12. The predicted molar refractivity (Wildman–Crippen MR) is 70.8 cm³/mol. The summed E-state index contributed by atoms with van der Waals surface area (Å²) in [5.74, 6) is 0. The highest BCUT2D eigenvalue weighted by Crippen LogP contribution is 2.18. The minimum Gasteiger partial charge on any atom is -0.389 e. The van der Waals surface area contributed by atoms with Gasteiger partial charge in [-0.15, -0.1) is 0 Å². The molecule has 0 aromatic heterocycles. The van der Waals surface area contributed by atoms with Crippen molar-refractivity contribution in [2.75, 3.05) is 13.2 Å². The van der Waals surface area contributed by atoms with Gasteiger partial charge in [-0.3, -0.25) is 0 Å². The lowest BCUT2D eigenvalue weighted by molar-refractivity contribution is 0.0285. The van der Waals surface area contributed by atoms with E-state index >= 15 is 0 Å². The molecule has 4 heteroatoms. The first-order chi connectivity index (χ1) is 8.25. The van der Waals surface area contributed by atoms with Crippen molar-refractivity contribution in [1.29, 1.82) is 0 Å². The highest BCUT2D eigenvalue weighted by Gasteiger charge is 2.21. The topological polar surface area (TPSA) is 41.5 Å². The van der Waals surface area contributed by atoms with E-state index in [0.29, 0.717) is 25.8 Å². The molecule has 0 saturated heterocycles. The third-order valence-corrected chi connectivity index (χ3v) is 3.52. The van der Waals surface area contributed by atoms with E-state index in [1.54, 1.807) is 0 Å². The van der Waals surface area contributed by atoms with Crippen molar-refractivity contribution < 1.29 is 9.84 Å². The van der Waals surface area contributed by atoms with Crippen LogP contribution in [0.2, 0.25) is 0 Å². The van der Waals surface area contributed by atoms with Gasteiger partial charge >= 0.3 is 0 Å². The zero-order chi connectivity index (χ0) is 12.1. The Morgan fingerprint density at radius 1 is 1.41 bits per heavy atom. The summed E-state index contributed by atoms with van der Waals surface area (Å²) in [6.45, 7) is 1.53. The molecule has 0 radical (unpaired) electrons. The lowest BCUT2D eigenvalue weighted by Crippen LogP contribution is -2.31. The minimum atomic E-state index is -0.418. The summed E-state index contributed by atoms with van der Waals surface area (Å²) in [5.41, 5.74) is 1.11. The molecule has 1 unspecified atom stereocenters.